The minimum Gasteiger partial charge on any atom is -0.481 e. The third-order valence-electron chi connectivity index (χ3n) is 3.42. The van der Waals surface area contributed by atoms with Crippen LogP contribution in [-0.2, 0) is 9.53 Å². The highest BCUT2D eigenvalue weighted by molar-refractivity contribution is 5.96. The number of aryl methyl sites for hydroxylation is 1. The summed E-state index contributed by atoms with van der Waals surface area (Å²) in [5, 5.41) is 2.27. The molecule has 1 N–H and O–H groups in total. The lowest BCUT2D eigenvalue weighted by atomic mass is 10.1. The molecule has 0 aliphatic heterocycles. The van der Waals surface area contributed by atoms with Crippen molar-refractivity contribution >= 4 is 17.6 Å². The van der Waals surface area contributed by atoms with Crippen molar-refractivity contribution in [2.24, 2.45) is 0 Å². The second-order valence-electron chi connectivity index (χ2n) is 5.37. The summed E-state index contributed by atoms with van der Waals surface area (Å²) in [6.07, 6.45) is -0.936. The second kappa shape index (κ2) is 7.74. The van der Waals surface area contributed by atoms with Gasteiger partial charge in [0.25, 0.3) is 5.91 Å². The van der Waals surface area contributed by atoms with Gasteiger partial charge in [0.05, 0.1) is 18.4 Å². The lowest BCUT2D eigenvalue weighted by Gasteiger charge is -2.15. The molecule has 7 heteroatoms. The van der Waals surface area contributed by atoms with Crippen LogP contribution in [0.2, 0.25) is 0 Å². The second-order valence-corrected chi connectivity index (χ2v) is 5.37. The first-order valence-electron chi connectivity index (χ1n) is 7.43. The van der Waals surface area contributed by atoms with E-state index in [-0.39, 0.29) is 5.69 Å². The van der Waals surface area contributed by atoms with E-state index in [0.29, 0.717) is 11.8 Å². The van der Waals surface area contributed by atoms with Crippen LogP contribution in [0.3, 0.4) is 0 Å². The smallest absolute Gasteiger partial charge is 0.340 e. The Bertz CT molecular complexity index is 790. The number of hydrogen-bond donors (Lipinski definition) is 1. The first-order valence-corrected chi connectivity index (χ1v) is 7.43. The lowest BCUT2D eigenvalue weighted by Crippen LogP contribution is -2.30. The molecular weight excluding hydrogens is 332 g/mol. The molecule has 0 heterocycles. The first-order chi connectivity index (χ1) is 11.8. The van der Waals surface area contributed by atoms with Crippen LogP contribution >= 0.6 is 0 Å². The first kappa shape index (κ1) is 18.4. The van der Waals surface area contributed by atoms with Crippen molar-refractivity contribution in [2.45, 2.75) is 20.0 Å². The highest BCUT2D eigenvalue weighted by atomic mass is 19.1. The monoisotopic (exact) mass is 349 g/mol. The van der Waals surface area contributed by atoms with Gasteiger partial charge in [-0.3, -0.25) is 4.79 Å². The Morgan fingerprint density at radius 1 is 1.08 bits per heavy atom. The van der Waals surface area contributed by atoms with Gasteiger partial charge in [-0.15, -0.1) is 0 Å². The molecule has 0 spiro atoms. The van der Waals surface area contributed by atoms with Gasteiger partial charge in [-0.2, -0.15) is 0 Å². The molecule has 0 bridgehead atoms. The van der Waals surface area contributed by atoms with E-state index in [1.807, 2.05) is 19.1 Å². The van der Waals surface area contributed by atoms with Crippen molar-refractivity contribution in [3.05, 3.63) is 59.2 Å². The van der Waals surface area contributed by atoms with Crippen LogP contribution in [0.4, 0.5) is 14.5 Å². The fraction of sp³-hybridized carbons (Fsp3) is 0.222. The van der Waals surface area contributed by atoms with Gasteiger partial charge in [0.2, 0.25) is 0 Å². The number of carbonyl (C=O) groups excluding carboxylic acids is 2. The Kier molecular flexibility index (Phi) is 5.69. The summed E-state index contributed by atoms with van der Waals surface area (Å²) in [7, 11) is 1.07. The van der Waals surface area contributed by atoms with Gasteiger partial charge in [0.15, 0.2) is 6.10 Å². The number of carbonyl (C=O) groups is 2. The molecule has 0 saturated carbocycles. The number of nitrogens with one attached hydrogen (secondary N) is 1. The standard InChI is InChI=1S/C18H17F2NO4/c1-10-4-6-12(7-5-10)25-11(2)17(22)21-16-8-13(18(23)24-3)14(19)9-15(16)20/h4-9,11H,1-3H3,(H,21,22). The van der Waals surface area contributed by atoms with Gasteiger partial charge < -0.3 is 14.8 Å². The molecule has 5 nitrogen and oxygen atoms in total. The molecule has 1 atom stereocenters. The molecule has 25 heavy (non-hydrogen) atoms. The van der Waals surface area contributed by atoms with Gasteiger partial charge >= 0.3 is 5.97 Å². The number of methoxy groups -OCH3 is 1. The van der Waals surface area contributed by atoms with Crippen LogP contribution in [0.1, 0.15) is 22.8 Å². The molecule has 1 amide bonds. The molecular formula is C18H17F2NO4. The normalized spacial score (nSPS) is 11.6. The number of halogens is 2. The summed E-state index contributed by atoms with van der Waals surface area (Å²) in [5.74, 6) is -3.24. The topological polar surface area (TPSA) is 64.6 Å². The van der Waals surface area contributed by atoms with Crippen molar-refractivity contribution < 1.29 is 27.8 Å². The minimum atomic E-state index is -1.08. The van der Waals surface area contributed by atoms with E-state index >= 15 is 0 Å². The maximum atomic E-state index is 13.8. The molecule has 2 rings (SSSR count). The number of hydrogen-bond acceptors (Lipinski definition) is 4. The average molecular weight is 349 g/mol. The van der Waals surface area contributed by atoms with Crippen LogP contribution in [0.15, 0.2) is 36.4 Å². The molecule has 2 aromatic rings. The van der Waals surface area contributed by atoms with E-state index in [1.54, 1.807) is 12.1 Å². The SMILES string of the molecule is COC(=O)c1cc(NC(=O)C(C)Oc2ccc(C)cc2)c(F)cc1F. The van der Waals surface area contributed by atoms with Gasteiger partial charge in [-0.25, -0.2) is 13.6 Å². The zero-order valence-electron chi connectivity index (χ0n) is 13.9. The number of benzene rings is 2. The number of ether oxygens (including phenoxy) is 2. The Morgan fingerprint density at radius 3 is 2.32 bits per heavy atom. The van der Waals surface area contributed by atoms with E-state index in [1.165, 1.54) is 6.92 Å². The zero-order valence-corrected chi connectivity index (χ0v) is 13.9. The molecule has 132 valence electrons. The molecule has 0 radical (unpaired) electrons. The van der Waals surface area contributed by atoms with Crippen LogP contribution < -0.4 is 10.1 Å². The predicted octanol–water partition coefficient (Wildman–Crippen LogP) is 3.47. The number of esters is 1. The van der Waals surface area contributed by atoms with E-state index in [0.717, 1.165) is 18.7 Å². The van der Waals surface area contributed by atoms with Crippen LogP contribution in [0.5, 0.6) is 5.75 Å². The van der Waals surface area contributed by atoms with Gasteiger partial charge in [0, 0.05) is 6.07 Å². The summed E-state index contributed by atoms with van der Waals surface area (Å²) in [6.45, 7) is 3.40. The fourth-order valence-corrected chi connectivity index (χ4v) is 2.02. The third kappa shape index (κ3) is 4.53. The Hall–Kier alpha value is -2.96. The highest BCUT2D eigenvalue weighted by Gasteiger charge is 2.20. The molecule has 1 unspecified atom stereocenters. The molecule has 0 fully saturated rings. The molecule has 0 saturated heterocycles. The fourth-order valence-electron chi connectivity index (χ4n) is 2.02. The van der Waals surface area contributed by atoms with Gasteiger partial charge in [0.1, 0.15) is 17.4 Å². The third-order valence-corrected chi connectivity index (χ3v) is 3.42. The van der Waals surface area contributed by atoms with Crippen molar-refractivity contribution in [2.75, 3.05) is 12.4 Å². The zero-order chi connectivity index (χ0) is 18.6. The molecule has 0 aromatic heterocycles. The highest BCUT2D eigenvalue weighted by Crippen LogP contribution is 2.21. The Balaban J connectivity index is 2.13. The lowest BCUT2D eigenvalue weighted by molar-refractivity contribution is -0.122. The van der Waals surface area contributed by atoms with Crippen LogP contribution in [0.25, 0.3) is 0 Å². The van der Waals surface area contributed by atoms with Gasteiger partial charge in [-0.05, 0) is 32.0 Å². The maximum absolute atomic E-state index is 13.8. The van der Waals surface area contributed by atoms with Crippen LogP contribution in [0, 0.1) is 18.6 Å². The largest absolute Gasteiger partial charge is 0.481 e. The summed E-state index contributed by atoms with van der Waals surface area (Å²) in [6, 6.07) is 8.44. The van der Waals surface area contributed by atoms with Crippen molar-refractivity contribution in [3.8, 4) is 5.75 Å². The maximum Gasteiger partial charge on any atom is 0.340 e. The van der Waals surface area contributed by atoms with Gasteiger partial charge in [-0.1, -0.05) is 17.7 Å². The quantitative estimate of drug-likeness (QED) is 0.840. The molecule has 2 aromatic carbocycles. The summed E-state index contributed by atoms with van der Waals surface area (Å²) in [4.78, 5) is 23.6. The summed E-state index contributed by atoms with van der Waals surface area (Å²) < 4.78 is 37.3. The summed E-state index contributed by atoms with van der Waals surface area (Å²) in [5.41, 5.74) is 0.214. The average Bonchev–Trinajstić information content (AvgIpc) is 2.58. The van der Waals surface area contributed by atoms with Crippen molar-refractivity contribution in [1.29, 1.82) is 0 Å². The van der Waals surface area contributed by atoms with E-state index in [4.69, 9.17) is 4.74 Å². The van der Waals surface area contributed by atoms with E-state index in [9.17, 15) is 18.4 Å². The predicted molar refractivity (Wildman–Crippen MR) is 87.6 cm³/mol. The molecule has 0 aliphatic carbocycles. The minimum absolute atomic E-state index is 0.342. The Morgan fingerprint density at radius 2 is 1.72 bits per heavy atom. The van der Waals surface area contributed by atoms with E-state index < -0.39 is 35.2 Å². The van der Waals surface area contributed by atoms with E-state index in [2.05, 4.69) is 10.1 Å². The summed E-state index contributed by atoms with van der Waals surface area (Å²) >= 11 is 0. The molecule has 0 aliphatic rings. The number of rotatable bonds is 5. The van der Waals surface area contributed by atoms with Crippen molar-refractivity contribution in [1.82, 2.24) is 0 Å². The Labute approximate surface area is 143 Å². The number of anilines is 1. The number of amides is 1. The van der Waals surface area contributed by atoms with Crippen molar-refractivity contribution in [3.63, 3.8) is 0 Å². The van der Waals surface area contributed by atoms with Crippen LogP contribution in [-0.4, -0.2) is 25.1 Å².